The molecule has 2 N–H and O–H groups in total. The number of anilines is 1. The zero-order valence-corrected chi connectivity index (χ0v) is 22.7. The maximum atomic E-state index is 14.0. The molecule has 13 heteroatoms. The predicted octanol–water partition coefficient (Wildman–Crippen LogP) is 5.59. The van der Waals surface area contributed by atoms with Crippen molar-refractivity contribution < 1.29 is 35.9 Å². The van der Waals surface area contributed by atoms with Crippen LogP contribution in [0.25, 0.3) is 0 Å². The van der Waals surface area contributed by atoms with E-state index < -0.39 is 35.4 Å². The lowest BCUT2D eigenvalue weighted by Gasteiger charge is -2.42. The summed E-state index contributed by atoms with van der Waals surface area (Å²) in [6, 6.07) is 1.44. The number of rotatable bonds is 8. The van der Waals surface area contributed by atoms with Gasteiger partial charge >= 0.3 is 12.4 Å². The SMILES string of the molecule is O=C(NCc1cc(C(F)(F)F)cc(C(F)(F)F)c1)C1(C(CC2CC2)c2cnc(N3CCOCC3)s2)CCNCC1. The van der Waals surface area contributed by atoms with Crippen LogP contribution >= 0.6 is 11.3 Å². The number of piperidine rings is 1. The fourth-order valence-electron chi connectivity index (χ4n) is 5.73. The molecule has 1 aliphatic carbocycles. The molecule has 6 nitrogen and oxygen atoms in total. The highest BCUT2D eigenvalue weighted by Crippen LogP contribution is 2.52. The number of halogens is 6. The van der Waals surface area contributed by atoms with Gasteiger partial charge in [0, 0.05) is 36.6 Å². The topological polar surface area (TPSA) is 66.5 Å². The van der Waals surface area contributed by atoms with Gasteiger partial charge in [-0.15, -0.1) is 11.3 Å². The standard InChI is InChI=1S/C27H32F6N4O2S/c28-26(29,30)19-11-18(12-20(14-19)27(31,32)33)15-35-23(38)25(3-5-34-6-4-25)21(13-17-1-2-17)22-16-36-24(40-22)37-7-9-39-10-8-37/h11-12,14,16-17,21,34H,1-10,13,15H2,(H,35,38). The zero-order chi connectivity index (χ0) is 28.5. The van der Waals surface area contributed by atoms with Crippen molar-refractivity contribution in [2.24, 2.45) is 11.3 Å². The minimum atomic E-state index is -4.95. The third-order valence-electron chi connectivity index (χ3n) is 8.12. The van der Waals surface area contributed by atoms with Gasteiger partial charge in [-0.3, -0.25) is 4.79 Å². The second kappa shape index (κ2) is 11.5. The summed E-state index contributed by atoms with van der Waals surface area (Å²) < 4.78 is 85.6. The minimum Gasteiger partial charge on any atom is -0.378 e. The monoisotopic (exact) mass is 590 g/mol. The Labute approximate surface area is 232 Å². The molecule has 220 valence electrons. The molecular formula is C27H32F6N4O2S. The molecule has 0 radical (unpaired) electrons. The van der Waals surface area contributed by atoms with Crippen molar-refractivity contribution in [3.05, 3.63) is 46.0 Å². The lowest BCUT2D eigenvalue weighted by molar-refractivity contribution is -0.143. The van der Waals surface area contributed by atoms with Crippen LogP contribution in [0.4, 0.5) is 31.5 Å². The van der Waals surface area contributed by atoms with Gasteiger partial charge in [-0.05, 0) is 62.0 Å². The van der Waals surface area contributed by atoms with Gasteiger partial charge in [-0.1, -0.05) is 12.8 Å². The Balaban J connectivity index is 1.42. The summed E-state index contributed by atoms with van der Waals surface area (Å²) in [6.07, 6.45) is -4.10. The van der Waals surface area contributed by atoms with Gasteiger partial charge in [0.2, 0.25) is 5.91 Å². The highest BCUT2D eigenvalue weighted by Gasteiger charge is 2.49. The van der Waals surface area contributed by atoms with Crippen molar-refractivity contribution in [3.8, 4) is 0 Å². The number of ether oxygens (including phenoxy) is 1. The molecule has 3 heterocycles. The normalized spacial score (nSPS) is 20.8. The predicted molar refractivity (Wildman–Crippen MR) is 138 cm³/mol. The molecule has 1 aromatic carbocycles. The molecule has 3 aliphatic rings. The van der Waals surface area contributed by atoms with E-state index in [0.717, 1.165) is 42.4 Å². The number of alkyl halides is 6. The van der Waals surface area contributed by atoms with E-state index in [0.29, 0.717) is 57.2 Å². The fourth-order valence-corrected chi connectivity index (χ4v) is 6.92. The van der Waals surface area contributed by atoms with Gasteiger partial charge in [-0.2, -0.15) is 26.3 Å². The number of amides is 1. The smallest absolute Gasteiger partial charge is 0.378 e. The van der Waals surface area contributed by atoms with Crippen molar-refractivity contribution in [2.45, 2.75) is 56.9 Å². The van der Waals surface area contributed by atoms with Crippen LogP contribution in [-0.4, -0.2) is 50.3 Å². The third-order valence-corrected chi connectivity index (χ3v) is 9.29. The minimum absolute atomic E-state index is 0.0983. The lowest BCUT2D eigenvalue weighted by Crippen LogP contribution is -2.50. The molecule has 1 saturated carbocycles. The van der Waals surface area contributed by atoms with Crippen molar-refractivity contribution in [1.29, 1.82) is 0 Å². The summed E-state index contributed by atoms with van der Waals surface area (Å²) in [5, 5.41) is 6.89. The molecule has 3 fully saturated rings. The van der Waals surface area contributed by atoms with Gasteiger partial charge in [0.1, 0.15) is 0 Å². The molecule has 0 bridgehead atoms. The molecule has 1 aromatic heterocycles. The van der Waals surface area contributed by atoms with Crippen LogP contribution in [0, 0.1) is 11.3 Å². The molecule has 40 heavy (non-hydrogen) atoms. The molecule has 1 amide bonds. The van der Waals surface area contributed by atoms with E-state index in [9.17, 15) is 31.1 Å². The maximum Gasteiger partial charge on any atom is 0.416 e. The highest BCUT2D eigenvalue weighted by atomic mass is 32.1. The van der Waals surface area contributed by atoms with Crippen LogP contribution < -0.4 is 15.5 Å². The number of morpholine rings is 1. The molecule has 2 aromatic rings. The Hall–Kier alpha value is -2.38. The highest BCUT2D eigenvalue weighted by molar-refractivity contribution is 7.15. The average Bonchev–Trinajstić information content (AvgIpc) is 3.63. The Morgan fingerprint density at radius 3 is 2.27 bits per heavy atom. The van der Waals surface area contributed by atoms with Gasteiger partial charge < -0.3 is 20.3 Å². The third kappa shape index (κ3) is 6.57. The lowest BCUT2D eigenvalue weighted by atomic mass is 9.66. The van der Waals surface area contributed by atoms with E-state index in [1.807, 2.05) is 6.20 Å². The van der Waals surface area contributed by atoms with Crippen molar-refractivity contribution >= 4 is 22.4 Å². The second-order valence-corrected chi connectivity index (χ2v) is 11.9. The number of carbonyl (C=O) groups excluding carboxylic acids is 1. The Morgan fingerprint density at radius 1 is 1.07 bits per heavy atom. The Bertz CT molecular complexity index is 1150. The van der Waals surface area contributed by atoms with Crippen LogP contribution in [0.3, 0.4) is 0 Å². The number of carbonyl (C=O) groups is 1. The molecule has 2 saturated heterocycles. The average molecular weight is 591 g/mol. The number of nitrogens with zero attached hydrogens (tertiary/aromatic N) is 2. The van der Waals surface area contributed by atoms with Gasteiger partial charge in [0.05, 0.1) is 29.8 Å². The number of aromatic nitrogens is 1. The summed E-state index contributed by atoms with van der Waals surface area (Å²) in [4.78, 5) is 21.8. The second-order valence-electron chi connectivity index (χ2n) is 10.9. The zero-order valence-electron chi connectivity index (χ0n) is 21.8. The maximum absolute atomic E-state index is 14.0. The van der Waals surface area contributed by atoms with E-state index in [-0.39, 0.29) is 23.5 Å². The fraction of sp³-hybridized carbons (Fsp3) is 0.630. The van der Waals surface area contributed by atoms with Crippen LogP contribution in [0.15, 0.2) is 24.4 Å². The van der Waals surface area contributed by atoms with E-state index in [1.54, 1.807) is 11.3 Å². The Morgan fingerprint density at radius 2 is 1.70 bits per heavy atom. The van der Waals surface area contributed by atoms with Crippen molar-refractivity contribution in [3.63, 3.8) is 0 Å². The first-order valence-corrected chi connectivity index (χ1v) is 14.3. The Kier molecular flexibility index (Phi) is 8.36. The van der Waals surface area contributed by atoms with Gasteiger partial charge in [0.15, 0.2) is 5.13 Å². The number of hydrogen-bond donors (Lipinski definition) is 2. The van der Waals surface area contributed by atoms with E-state index >= 15 is 0 Å². The van der Waals surface area contributed by atoms with Crippen molar-refractivity contribution in [1.82, 2.24) is 15.6 Å². The summed E-state index contributed by atoms with van der Waals surface area (Å²) >= 11 is 1.56. The molecule has 5 rings (SSSR count). The van der Waals surface area contributed by atoms with Crippen molar-refractivity contribution in [2.75, 3.05) is 44.3 Å². The number of thiazole rings is 1. The molecular weight excluding hydrogens is 558 g/mol. The molecule has 0 spiro atoms. The molecule has 2 aliphatic heterocycles. The number of nitrogens with one attached hydrogen (secondary N) is 2. The van der Waals surface area contributed by atoms with Crippen LogP contribution in [0.5, 0.6) is 0 Å². The summed E-state index contributed by atoms with van der Waals surface area (Å²) in [5.74, 6) is -0.00936. The number of benzene rings is 1. The first kappa shape index (κ1) is 29.1. The van der Waals surface area contributed by atoms with Crippen LogP contribution in [-0.2, 0) is 28.4 Å². The van der Waals surface area contributed by atoms with E-state index in [1.165, 1.54) is 0 Å². The molecule has 1 atom stereocenters. The first-order chi connectivity index (χ1) is 19.0. The van der Waals surface area contributed by atoms with Crippen LogP contribution in [0.2, 0.25) is 0 Å². The van der Waals surface area contributed by atoms with Gasteiger partial charge in [-0.25, -0.2) is 4.98 Å². The van der Waals surface area contributed by atoms with Crippen LogP contribution in [0.1, 0.15) is 59.6 Å². The summed E-state index contributed by atoms with van der Waals surface area (Å²) in [5.41, 5.74) is -3.88. The summed E-state index contributed by atoms with van der Waals surface area (Å²) in [6.45, 7) is 3.43. The van der Waals surface area contributed by atoms with Gasteiger partial charge in [0.25, 0.3) is 0 Å². The van der Waals surface area contributed by atoms with E-state index in [4.69, 9.17) is 4.74 Å². The number of hydrogen-bond acceptors (Lipinski definition) is 6. The quantitative estimate of drug-likeness (QED) is 0.393. The molecule has 1 unspecified atom stereocenters. The first-order valence-electron chi connectivity index (χ1n) is 13.5. The largest absolute Gasteiger partial charge is 0.416 e. The summed E-state index contributed by atoms with van der Waals surface area (Å²) in [7, 11) is 0. The van der Waals surface area contributed by atoms with E-state index in [2.05, 4.69) is 20.5 Å².